The molecule has 0 saturated carbocycles. The molecular formula is C20H23Cl2IN6. The van der Waals surface area contributed by atoms with Crippen molar-refractivity contribution in [1.82, 2.24) is 25.4 Å². The van der Waals surface area contributed by atoms with Crippen molar-refractivity contribution in [2.24, 2.45) is 4.99 Å². The van der Waals surface area contributed by atoms with Crippen LogP contribution in [-0.4, -0.2) is 33.8 Å². The van der Waals surface area contributed by atoms with Gasteiger partial charge in [-0.25, -0.2) is 14.7 Å². The van der Waals surface area contributed by atoms with Crippen LogP contribution in [0.2, 0.25) is 10.2 Å². The van der Waals surface area contributed by atoms with E-state index in [4.69, 9.17) is 23.2 Å². The van der Waals surface area contributed by atoms with E-state index in [1.165, 1.54) is 0 Å². The van der Waals surface area contributed by atoms with Gasteiger partial charge < -0.3 is 10.6 Å². The van der Waals surface area contributed by atoms with Gasteiger partial charge in [0.1, 0.15) is 5.15 Å². The predicted octanol–water partition coefficient (Wildman–Crippen LogP) is 4.49. The van der Waals surface area contributed by atoms with Crippen LogP contribution in [0.15, 0.2) is 60.0 Å². The van der Waals surface area contributed by atoms with Crippen LogP contribution in [0.25, 0.3) is 5.69 Å². The molecule has 0 unspecified atom stereocenters. The molecule has 2 heterocycles. The first-order valence-corrected chi connectivity index (χ1v) is 9.81. The monoisotopic (exact) mass is 544 g/mol. The number of nitrogens with zero attached hydrogens (tertiary/aromatic N) is 4. The zero-order chi connectivity index (χ0) is 19.8. The minimum Gasteiger partial charge on any atom is -0.357 e. The molecule has 0 saturated heterocycles. The van der Waals surface area contributed by atoms with Crippen molar-refractivity contribution < 1.29 is 0 Å². The standard InChI is InChI=1S/C20H22Cl2N6.HI/c1-2-23-20(24-10-9-15-3-8-19(22)25-11-15)26-12-16-13-27-28(14-16)18-6-4-17(21)5-7-18;/h3-8,11,13-14H,2,9-10,12H2,1H3,(H2,23,24,26);1H. The van der Waals surface area contributed by atoms with E-state index in [2.05, 4.69) is 25.7 Å². The van der Waals surface area contributed by atoms with E-state index in [0.29, 0.717) is 16.7 Å². The smallest absolute Gasteiger partial charge is 0.191 e. The summed E-state index contributed by atoms with van der Waals surface area (Å²) in [5, 5.41) is 12.2. The van der Waals surface area contributed by atoms with E-state index in [1.807, 2.05) is 54.3 Å². The lowest BCUT2D eigenvalue weighted by Crippen LogP contribution is -2.38. The highest BCUT2D eigenvalue weighted by Crippen LogP contribution is 2.13. The number of hydrogen-bond donors (Lipinski definition) is 2. The van der Waals surface area contributed by atoms with Crippen LogP contribution in [0.4, 0.5) is 0 Å². The second kappa shape index (κ2) is 12.0. The number of rotatable bonds is 7. The van der Waals surface area contributed by atoms with Crippen molar-refractivity contribution in [3.8, 4) is 5.69 Å². The van der Waals surface area contributed by atoms with E-state index in [9.17, 15) is 0 Å². The van der Waals surface area contributed by atoms with Crippen molar-refractivity contribution in [1.29, 1.82) is 0 Å². The molecule has 3 aromatic rings. The molecule has 0 bridgehead atoms. The number of hydrogen-bond acceptors (Lipinski definition) is 3. The molecule has 0 aliphatic carbocycles. The largest absolute Gasteiger partial charge is 0.357 e. The SMILES string of the molecule is CCNC(=NCc1cnn(-c2ccc(Cl)cc2)c1)NCCc1ccc(Cl)nc1.I. The maximum Gasteiger partial charge on any atom is 0.191 e. The summed E-state index contributed by atoms with van der Waals surface area (Å²) in [5.41, 5.74) is 3.10. The first kappa shape index (κ1) is 23.4. The average molecular weight is 545 g/mol. The third-order valence-corrected chi connectivity index (χ3v) is 4.46. The fourth-order valence-electron chi connectivity index (χ4n) is 2.57. The summed E-state index contributed by atoms with van der Waals surface area (Å²) in [5.74, 6) is 0.767. The molecule has 0 amide bonds. The highest BCUT2D eigenvalue weighted by molar-refractivity contribution is 14.0. The van der Waals surface area contributed by atoms with E-state index in [1.54, 1.807) is 12.3 Å². The number of aromatic nitrogens is 3. The van der Waals surface area contributed by atoms with E-state index in [0.717, 1.165) is 42.3 Å². The highest BCUT2D eigenvalue weighted by Gasteiger charge is 2.03. The third kappa shape index (κ3) is 7.49. The number of aliphatic imine (C=N–C) groups is 1. The van der Waals surface area contributed by atoms with E-state index in [-0.39, 0.29) is 24.0 Å². The van der Waals surface area contributed by atoms with Crippen LogP contribution in [-0.2, 0) is 13.0 Å². The number of benzene rings is 1. The Labute approximate surface area is 197 Å². The van der Waals surface area contributed by atoms with Crippen molar-refractivity contribution in [2.75, 3.05) is 13.1 Å². The van der Waals surface area contributed by atoms with Crippen LogP contribution in [0.3, 0.4) is 0 Å². The summed E-state index contributed by atoms with van der Waals surface area (Å²) >= 11 is 11.8. The van der Waals surface area contributed by atoms with E-state index < -0.39 is 0 Å². The fraction of sp³-hybridized carbons (Fsp3) is 0.250. The molecule has 2 aromatic heterocycles. The average Bonchev–Trinajstić information content (AvgIpc) is 3.17. The molecule has 3 rings (SSSR count). The normalized spacial score (nSPS) is 11.1. The lowest BCUT2D eigenvalue weighted by Gasteiger charge is -2.11. The molecule has 1 aromatic carbocycles. The Balaban J connectivity index is 0.00000300. The maximum atomic E-state index is 5.94. The Hall–Kier alpha value is -1.84. The van der Waals surface area contributed by atoms with Gasteiger partial charge in [-0.2, -0.15) is 5.10 Å². The molecule has 0 radical (unpaired) electrons. The van der Waals surface area contributed by atoms with Crippen LogP contribution >= 0.6 is 47.2 Å². The summed E-state index contributed by atoms with van der Waals surface area (Å²) in [6, 6.07) is 11.3. The van der Waals surface area contributed by atoms with Crippen LogP contribution in [0.5, 0.6) is 0 Å². The number of nitrogens with one attached hydrogen (secondary N) is 2. The Morgan fingerprint density at radius 1 is 1.03 bits per heavy atom. The maximum absolute atomic E-state index is 5.94. The molecule has 0 atom stereocenters. The first-order chi connectivity index (χ1) is 13.6. The highest BCUT2D eigenvalue weighted by atomic mass is 127. The summed E-state index contributed by atoms with van der Waals surface area (Å²) in [4.78, 5) is 8.73. The summed E-state index contributed by atoms with van der Waals surface area (Å²) in [6.45, 7) is 4.11. The van der Waals surface area contributed by atoms with Gasteiger partial charge in [-0.3, -0.25) is 0 Å². The van der Waals surface area contributed by atoms with Crippen LogP contribution < -0.4 is 10.6 Å². The molecule has 6 nitrogen and oxygen atoms in total. The number of pyridine rings is 1. The number of halogens is 3. The summed E-state index contributed by atoms with van der Waals surface area (Å²) in [6.07, 6.45) is 6.42. The van der Waals surface area contributed by atoms with Gasteiger partial charge in [-0.05, 0) is 49.2 Å². The van der Waals surface area contributed by atoms with Crippen LogP contribution in [0.1, 0.15) is 18.1 Å². The Kier molecular flexibility index (Phi) is 9.69. The van der Waals surface area contributed by atoms with Crippen molar-refractivity contribution in [3.05, 3.63) is 76.3 Å². The first-order valence-electron chi connectivity index (χ1n) is 9.06. The van der Waals surface area contributed by atoms with Gasteiger partial charge in [0.25, 0.3) is 0 Å². The molecule has 0 aliphatic heterocycles. The van der Waals surface area contributed by atoms with Gasteiger partial charge in [0.05, 0.1) is 18.4 Å². The van der Waals surface area contributed by atoms with Gasteiger partial charge >= 0.3 is 0 Å². The lowest BCUT2D eigenvalue weighted by atomic mass is 10.2. The molecule has 2 N–H and O–H groups in total. The van der Waals surface area contributed by atoms with Crippen molar-refractivity contribution >= 4 is 53.1 Å². The van der Waals surface area contributed by atoms with Gasteiger partial charge in [0.15, 0.2) is 5.96 Å². The lowest BCUT2D eigenvalue weighted by molar-refractivity contribution is 0.798. The van der Waals surface area contributed by atoms with Gasteiger partial charge in [0.2, 0.25) is 0 Å². The van der Waals surface area contributed by atoms with Crippen LogP contribution in [0, 0.1) is 0 Å². The van der Waals surface area contributed by atoms with Crippen molar-refractivity contribution in [2.45, 2.75) is 19.9 Å². The van der Waals surface area contributed by atoms with E-state index >= 15 is 0 Å². The molecule has 9 heteroatoms. The second-order valence-electron chi connectivity index (χ2n) is 6.13. The minimum absolute atomic E-state index is 0. The predicted molar refractivity (Wildman–Crippen MR) is 130 cm³/mol. The Morgan fingerprint density at radius 3 is 2.52 bits per heavy atom. The minimum atomic E-state index is 0. The molecule has 0 aliphatic rings. The summed E-state index contributed by atoms with van der Waals surface area (Å²) < 4.78 is 1.81. The third-order valence-electron chi connectivity index (χ3n) is 3.99. The quantitative estimate of drug-likeness (QED) is 0.199. The van der Waals surface area contributed by atoms with Gasteiger partial charge in [0, 0.05) is 36.1 Å². The molecule has 154 valence electrons. The summed E-state index contributed by atoms with van der Waals surface area (Å²) in [7, 11) is 0. The molecule has 0 spiro atoms. The Morgan fingerprint density at radius 2 is 1.83 bits per heavy atom. The van der Waals surface area contributed by atoms with Gasteiger partial charge in [-0.15, -0.1) is 24.0 Å². The van der Waals surface area contributed by atoms with Gasteiger partial charge in [-0.1, -0.05) is 29.3 Å². The fourth-order valence-corrected chi connectivity index (χ4v) is 2.81. The molecular weight excluding hydrogens is 522 g/mol. The zero-order valence-corrected chi connectivity index (χ0v) is 19.8. The molecule has 29 heavy (non-hydrogen) atoms. The number of guanidine groups is 1. The van der Waals surface area contributed by atoms with Crippen molar-refractivity contribution in [3.63, 3.8) is 0 Å². The molecule has 0 fully saturated rings. The zero-order valence-electron chi connectivity index (χ0n) is 16.0. The Bertz CT molecular complexity index is 909. The topological polar surface area (TPSA) is 67.1 Å². The second-order valence-corrected chi connectivity index (χ2v) is 6.95.